The highest BCUT2D eigenvalue weighted by Gasteiger charge is 2.55. The first-order valence-electron chi connectivity index (χ1n) is 19.6. The average Bonchev–Trinajstić information content (AvgIpc) is 3.65. The van der Waals surface area contributed by atoms with Gasteiger partial charge in [0.05, 0.1) is 11.7 Å². The maximum Gasteiger partial charge on any atom is 0.221 e. The molecule has 2 amide bonds. The number of piperidine rings is 1. The molecule has 2 saturated carbocycles. The summed E-state index contributed by atoms with van der Waals surface area (Å²) in [5, 5.41) is 16.4. The van der Waals surface area contributed by atoms with E-state index in [2.05, 4.69) is 63.7 Å². The lowest BCUT2D eigenvalue weighted by Gasteiger charge is -2.45. The first-order chi connectivity index (χ1) is 23.4. The fourth-order valence-corrected chi connectivity index (χ4v) is 11.3. The molecule has 0 aromatic heterocycles. The van der Waals surface area contributed by atoms with Gasteiger partial charge in [0.25, 0.3) is 0 Å². The molecule has 3 saturated heterocycles. The number of carbonyl (C=O) groups is 2. The quantitative estimate of drug-likeness (QED) is 0.248. The Labute approximate surface area is 287 Å². The molecule has 6 N–H and O–H groups in total. The predicted octanol–water partition coefficient (Wildman–Crippen LogP) is 6.69. The minimum atomic E-state index is -0.444. The van der Waals surface area contributed by atoms with Gasteiger partial charge in [-0.05, 0) is 77.7 Å². The van der Waals surface area contributed by atoms with Gasteiger partial charge in [-0.25, -0.2) is 0 Å². The molecule has 8 atom stereocenters. The van der Waals surface area contributed by atoms with Gasteiger partial charge in [-0.1, -0.05) is 113 Å². The topological polar surface area (TPSA) is 108 Å². The summed E-state index contributed by atoms with van der Waals surface area (Å²) >= 11 is 0. The Bertz CT molecular complexity index is 1510. The number of hydrogen-bond donors (Lipinski definition) is 5. The number of nitrogens with two attached hydrogens (primary N) is 1. The predicted molar refractivity (Wildman–Crippen MR) is 191 cm³/mol. The van der Waals surface area contributed by atoms with Crippen LogP contribution in [0, 0.1) is 17.8 Å². The van der Waals surface area contributed by atoms with Crippen LogP contribution < -0.4 is 27.0 Å². The molecule has 258 valence electrons. The van der Waals surface area contributed by atoms with Crippen LogP contribution >= 0.6 is 0 Å². The first kappa shape index (κ1) is 32.5. The van der Waals surface area contributed by atoms with Gasteiger partial charge >= 0.3 is 0 Å². The van der Waals surface area contributed by atoms with E-state index in [1.807, 2.05) is 0 Å². The molecule has 3 heterocycles. The van der Waals surface area contributed by atoms with Crippen LogP contribution in [0.15, 0.2) is 42.5 Å². The van der Waals surface area contributed by atoms with Gasteiger partial charge in [-0.15, -0.1) is 0 Å². The second kappa shape index (κ2) is 13.5. The fourth-order valence-electron chi connectivity index (χ4n) is 11.3. The smallest absolute Gasteiger partial charge is 0.221 e. The van der Waals surface area contributed by atoms with Crippen molar-refractivity contribution >= 4 is 11.8 Å². The molecule has 0 radical (unpaired) electrons. The van der Waals surface area contributed by atoms with E-state index in [1.54, 1.807) is 0 Å². The molecule has 8 unspecified atom stereocenters. The van der Waals surface area contributed by atoms with E-state index < -0.39 is 5.91 Å². The normalized spacial score (nSPS) is 36.1. The monoisotopic (exact) mass is 651 g/mol. The van der Waals surface area contributed by atoms with Crippen molar-refractivity contribution in [2.75, 3.05) is 6.54 Å². The summed E-state index contributed by atoms with van der Waals surface area (Å²) in [5.41, 5.74) is 11.4. The maximum absolute atomic E-state index is 13.1. The molecule has 7 heteroatoms. The van der Waals surface area contributed by atoms with Crippen LogP contribution in [0.25, 0.3) is 11.1 Å². The number of carbonyl (C=O) groups excluding carboxylic acids is 2. The number of fused-ring (bicyclic) bond motifs is 13. The summed E-state index contributed by atoms with van der Waals surface area (Å²) in [7, 11) is 0. The van der Waals surface area contributed by atoms with Crippen LogP contribution in [0.4, 0.5) is 0 Å². The van der Waals surface area contributed by atoms with Crippen LogP contribution in [0.1, 0.15) is 138 Å². The second-order valence-electron chi connectivity index (χ2n) is 16.4. The largest absolute Gasteiger partial charge is 0.370 e. The van der Waals surface area contributed by atoms with Crippen LogP contribution in [-0.4, -0.2) is 36.0 Å². The fraction of sp³-hybridized carbons (Fsp3) is 0.659. The minimum absolute atomic E-state index is 0.0611. The molecule has 1 spiro atoms. The van der Waals surface area contributed by atoms with Crippen molar-refractivity contribution in [3.8, 4) is 11.1 Å². The Kier molecular flexibility index (Phi) is 9.15. The van der Waals surface area contributed by atoms with Crippen LogP contribution in [-0.2, 0) is 15.3 Å². The number of rotatable bonds is 5. The maximum atomic E-state index is 13.1. The van der Waals surface area contributed by atoms with Gasteiger partial charge in [-0.3, -0.25) is 20.2 Å². The van der Waals surface area contributed by atoms with Gasteiger partial charge < -0.3 is 16.4 Å². The standard InChI is InChI=1S/C41H57N5O2/c42-36(47)21-22-37(48)44-39-31-18-6-5-17-30(31)38-32(39)19-9-20-33(38)41-29-15-4-3-12-27(13-8-16-29)28-11-2-1-7-23-40(24-10-14-28)25-34(45-41)35(46-41)26-43-40/h5-6,9,17-20,27-29,34-35,39,43,45-46H,1-4,7-8,10-16,21-26H2,(H2,42,47)(H,44,48). The third kappa shape index (κ3) is 6.02. The highest BCUT2D eigenvalue weighted by Crippen LogP contribution is 2.52. The second-order valence-corrected chi connectivity index (χ2v) is 16.4. The molecule has 3 aliphatic carbocycles. The molecule has 5 fully saturated rings. The summed E-state index contributed by atoms with van der Waals surface area (Å²) in [5.74, 6) is 1.69. The number of benzene rings is 2. The number of nitrogens with one attached hydrogen (secondary N) is 4. The molecular weight excluding hydrogens is 594 g/mol. The van der Waals surface area contributed by atoms with Crippen molar-refractivity contribution in [3.05, 3.63) is 59.2 Å². The molecule has 8 rings (SSSR count). The average molecular weight is 652 g/mol. The van der Waals surface area contributed by atoms with Crippen molar-refractivity contribution < 1.29 is 9.59 Å². The third-order valence-electron chi connectivity index (χ3n) is 13.6. The first-order valence-corrected chi connectivity index (χ1v) is 19.6. The van der Waals surface area contributed by atoms with Crippen LogP contribution in [0.2, 0.25) is 0 Å². The van der Waals surface area contributed by atoms with E-state index in [0.29, 0.717) is 18.0 Å². The molecule has 2 aromatic rings. The van der Waals surface area contributed by atoms with E-state index in [9.17, 15) is 9.59 Å². The lowest BCUT2D eigenvalue weighted by Crippen LogP contribution is -2.60. The molecule has 6 bridgehead atoms. The van der Waals surface area contributed by atoms with Crippen molar-refractivity contribution in [1.29, 1.82) is 0 Å². The molecule has 6 aliphatic rings. The minimum Gasteiger partial charge on any atom is -0.370 e. The van der Waals surface area contributed by atoms with Crippen LogP contribution in [0.5, 0.6) is 0 Å². The van der Waals surface area contributed by atoms with E-state index in [1.165, 1.54) is 119 Å². The summed E-state index contributed by atoms with van der Waals surface area (Å²) in [6.45, 7) is 1.02. The van der Waals surface area contributed by atoms with E-state index >= 15 is 0 Å². The zero-order valence-corrected chi connectivity index (χ0v) is 28.8. The van der Waals surface area contributed by atoms with Crippen molar-refractivity contribution in [2.24, 2.45) is 23.5 Å². The lowest BCUT2D eigenvalue weighted by atomic mass is 9.72. The highest BCUT2D eigenvalue weighted by molar-refractivity contribution is 5.87. The number of primary amides is 1. The SMILES string of the molecule is NC(=O)CCC(=O)NC1c2ccccc2-c2c1cccc2C12NC3CNC4(CCCCCC(CCC4)C4CCCCC1CCC4)CC3N2. The molecule has 3 aliphatic heterocycles. The van der Waals surface area contributed by atoms with Gasteiger partial charge in [0.15, 0.2) is 0 Å². The Morgan fingerprint density at radius 3 is 2.33 bits per heavy atom. The molecule has 7 nitrogen and oxygen atoms in total. The number of amides is 2. The zero-order valence-electron chi connectivity index (χ0n) is 28.8. The summed E-state index contributed by atoms with van der Waals surface area (Å²) in [6, 6.07) is 16.0. The van der Waals surface area contributed by atoms with Gasteiger partial charge in [0, 0.05) is 37.0 Å². The van der Waals surface area contributed by atoms with Crippen molar-refractivity contribution in [3.63, 3.8) is 0 Å². The van der Waals surface area contributed by atoms with E-state index in [0.717, 1.165) is 29.5 Å². The Balaban J connectivity index is 1.22. The zero-order chi connectivity index (χ0) is 32.7. The highest BCUT2D eigenvalue weighted by atomic mass is 16.2. The summed E-state index contributed by atoms with van der Waals surface area (Å²) < 4.78 is 0. The van der Waals surface area contributed by atoms with E-state index in [-0.39, 0.29) is 36.0 Å². The Morgan fingerprint density at radius 1 is 0.750 bits per heavy atom. The van der Waals surface area contributed by atoms with E-state index in [4.69, 9.17) is 5.73 Å². The van der Waals surface area contributed by atoms with Crippen molar-refractivity contribution in [1.82, 2.24) is 21.3 Å². The van der Waals surface area contributed by atoms with Gasteiger partial charge in [-0.2, -0.15) is 0 Å². The van der Waals surface area contributed by atoms with Crippen LogP contribution in [0.3, 0.4) is 0 Å². The Morgan fingerprint density at radius 2 is 1.46 bits per heavy atom. The van der Waals surface area contributed by atoms with Crippen molar-refractivity contribution in [2.45, 2.75) is 145 Å². The Hall–Kier alpha value is -2.74. The van der Waals surface area contributed by atoms with Gasteiger partial charge in [0.1, 0.15) is 0 Å². The molecule has 48 heavy (non-hydrogen) atoms. The van der Waals surface area contributed by atoms with Gasteiger partial charge in [0.2, 0.25) is 11.8 Å². The summed E-state index contributed by atoms with van der Waals surface area (Å²) in [4.78, 5) is 24.6. The lowest BCUT2D eigenvalue weighted by molar-refractivity contribution is -0.125. The summed E-state index contributed by atoms with van der Waals surface area (Å²) in [6.07, 6.45) is 21.6. The third-order valence-corrected chi connectivity index (χ3v) is 13.6. The molecule has 2 aromatic carbocycles. The number of hydrogen-bond acceptors (Lipinski definition) is 5. The molecular formula is C41H57N5O2.